The second-order valence-corrected chi connectivity index (χ2v) is 10.9. The van der Waals surface area contributed by atoms with Crippen LogP contribution >= 0.6 is 0 Å². The number of anilines is 1. The Balaban J connectivity index is 1.92. The van der Waals surface area contributed by atoms with Gasteiger partial charge in [0, 0.05) is 11.6 Å². The maximum atomic E-state index is 14.2. The maximum Gasteiger partial charge on any atom is 0.329 e. The third-order valence-electron chi connectivity index (χ3n) is 7.31. The number of carbonyl (C=O) groups is 1. The zero-order valence-electron chi connectivity index (χ0n) is 22.6. The molecule has 4 aromatic rings. The summed E-state index contributed by atoms with van der Waals surface area (Å²) in [6, 6.07) is 37.2. The van der Waals surface area contributed by atoms with E-state index in [1.807, 2.05) is 58.0 Å². The molecule has 5 rings (SSSR count). The Morgan fingerprint density at radius 1 is 0.789 bits per heavy atom. The van der Waals surface area contributed by atoms with Crippen LogP contribution in [0.25, 0.3) is 11.1 Å². The lowest BCUT2D eigenvalue weighted by molar-refractivity contribution is -0.157. The molecule has 0 aromatic heterocycles. The van der Waals surface area contributed by atoms with E-state index in [0.717, 1.165) is 22.4 Å². The predicted molar refractivity (Wildman–Crippen MR) is 156 cm³/mol. The van der Waals surface area contributed by atoms with Gasteiger partial charge in [-0.3, -0.25) is 0 Å². The van der Waals surface area contributed by atoms with Gasteiger partial charge in [-0.25, -0.2) is 4.79 Å². The van der Waals surface area contributed by atoms with Crippen LogP contribution in [0.1, 0.15) is 44.4 Å². The van der Waals surface area contributed by atoms with Gasteiger partial charge in [0.05, 0.1) is 0 Å². The summed E-state index contributed by atoms with van der Waals surface area (Å²) in [6.45, 7) is 11.9. The molecule has 3 heteroatoms. The van der Waals surface area contributed by atoms with E-state index in [-0.39, 0.29) is 11.9 Å². The zero-order chi connectivity index (χ0) is 26.9. The minimum atomic E-state index is -0.783. The van der Waals surface area contributed by atoms with Crippen LogP contribution in [-0.4, -0.2) is 17.6 Å². The van der Waals surface area contributed by atoms with Crippen molar-refractivity contribution in [2.24, 2.45) is 5.92 Å². The fourth-order valence-corrected chi connectivity index (χ4v) is 5.80. The molecule has 2 atom stereocenters. The predicted octanol–water partition coefficient (Wildman–Crippen LogP) is 8.00. The molecule has 192 valence electrons. The molecule has 0 heterocycles. The monoisotopic (exact) mass is 501 g/mol. The number of hydrogen-bond donors (Lipinski definition) is 0. The molecule has 0 saturated heterocycles. The normalized spacial score (nSPS) is 15.1. The Kier molecular flexibility index (Phi) is 6.71. The Morgan fingerprint density at radius 3 is 1.76 bits per heavy atom. The first-order valence-electron chi connectivity index (χ1n) is 13.2. The van der Waals surface area contributed by atoms with Crippen LogP contribution in [0.2, 0.25) is 0 Å². The van der Waals surface area contributed by atoms with E-state index in [1.165, 1.54) is 11.1 Å². The summed E-state index contributed by atoms with van der Waals surface area (Å²) >= 11 is 0. The molecule has 1 aliphatic rings. The Morgan fingerprint density at radius 2 is 1.26 bits per heavy atom. The molecular weight excluding hydrogens is 466 g/mol. The third-order valence-corrected chi connectivity index (χ3v) is 7.31. The van der Waals surface area contributed by atoms with Crippen LogP contribution in [-0.2, 0) is 15.1 Å². The van der Waals surface area contributed by atoms with Crippen molar-refractivity contribution in [3.05, 3.63) is 139 Å². The number of fused-ring (bicyclic) bond motifs is 3. The topological polar surface area (TPSA) is 29.5 Å². The molecule has 4 aromatic carbocycles. The molecule has 0 unspecified atom stereocenters. The minimum absolute atomic E-state index is 0.203. The molecule has 0 fully saturated rings. The van der Waals surface area contributed by atoms with Crippen LogP contribution in [0.5, 0.6) is 0 Å². The Labute approximate surface area is 226 Å². The van der Waals surface area contributed by atoms with E-state index >= 15 is 0 Å². The first kappa shape index (κ1) is 25.5. The van der Waals surface area contributed by atoms with Crippen LogP contribution in [0.15, 0.2) is 122 Å². The van der Waals surface area contributed by atoms with Crippen molar-refractivity contribution >= 4 is 11.7 Å². The number of rotatable bonds is 7. The molecule has 38 heavy (non-hydrogen) atoms. The van der Waals surface area contributed by atoms with Crippen molar-refractivity contribution < 1.29 is 9.53 Å². The van der Waals surface area contributed by atoms with Crippen LogP contribution in [0.4, 0.5) is 5.69 Å². The van der Waals surface area contributed by atoms with E-state index in [1.54, 1.807) is 0 Å². The van der Waals surface area contributed by atoms with Crippen LogP contribution in [0, 0.1) is 5.92 Å². The third kappa shape index (κ3) is 4.22. The van der Waals surface area contributed by atoms with Crippen molar-refractivity contribution in [2.75, 3.05) is 4.90 Å². The van der Waals surface area contributed by atoms with Crippen molar-refractivity contribution in [3.63, 3.8) is 0 Å². The van der Waals surface area contributed by atoms with Crippen LogP contribution < -0.4 is 4.90 Å². The smallest absolute Gasteiger partial charge is 0.329 e. The first-order valence-corrected chi connectivity index (χ1v) is 13.2. The molecular formula is C35H35NO2. The summed E-state index contributed by atoms with van der Waals surface area (Å²) < 4.78 is 6.11. The summed E-state index contributed by atoms with van der Waals surface area (Å²) in [5.74, 6) is -0.475. The zero-order valence-corrected chi connectivity index (χ0v) is 22.6. The average Bonchev–Trinajstić information content (AvgIpc) is 3.22. The van der Waals surface area contributed by atoms with Gasteiger partial charge in [-0.15, -0.1) is 6.58 Å². The molecule has 0 radical (unpaired) electrons. The molecule has 0 aliphatic heterocycles. The van der Waals surface area contributed by atoms with Gasteiger partial charge in [-0.2, -0.15) is 0 Å². The lowest BCUT2D eigenvalue weighted by Gasteiger charge is -2.49. The molecule has 0 bridgehead atoms. The molecule has 0 amide bonds. The fraction of sp³-hybridized carbons (Fsp3) is 0.229. The van der Waals surface area contributed by atoms with Gasteiger partial charge in [0.25, 0.3) is 0 Å². The maximum absolute atomic E-state index is 14.2. The van der Waals surface area contributed by atoms with Crippen LogP contribution in [0.3, 0.4) is 0 Å². The van der Waals surface area contributed by atoms with Gasteiger partial charge in [-0.1, -0.05) is 110 Å². The van der Waals surface area contributed by atoms with E-state index in [4.69, 9.17) is 4.74 Å². The van der Waals surface area contributed by atoms with Crippen molar-refractivity contribution in [1.29, 1.82) is 0 Å². The van der Waals surface area contributed by atoms with Gasteiger partial charge in [-0.05, 0) is 60.7 Å². The number of para-hydroxylation sites is 1. The average molecular weight is 502 g/mol. The highest BCUT2D eigenvalue weighted by atomic mass is 16.6. The van der Waals surface area contributed by atoms with Crippen molar-refractivity contribution in [2.45, 2.75) is 44.9 Å². The number of esters is 1. The van der Waals surface area contributed by atoms with E-state index < -0.39 is 17.2 Å². The summed E-state index contributed by atoms with van der Waals surface area (Å²) in [5, 5.41) is 0. The lowest BCUT2D eigenvalue weighted by atomic mass is 9.76. The molecule has 1 aliphatic carbocycles. The highest BCUT2D eigenvalue weighted by Crippen LogP contribution is 2.56. The number of nitrogens with zero attached hydrogens (tertiary/aromatic N) is 1. The molecule has 0 N–H and O–H groups in total. The van der Waals surface area contributed by atoms with Crippen molar-refractivity contribution in [3.8, 4) is 11.1 Å². The summed E-state index contributed by atoms with van der Waals surface area (Å²) in [5.41, 5.74) is 5.23. The van der Waals surface area contributed by atoms with E-state index in [2.05, 4.69) is 96.4 Å². The van der Waals surface area contributed by atoms with Gasteiger partial charge in [0.1, 0.15) is 17.2 Å². The second-order valence-electron chi connectivity index (χ2n) is 10.9. The van der Waals surface area contributed by atoms with Gasteiger partial charge in [0.2, 0.25) is 0 Å². The largest absolute Gasteiger partial charge is 0.458 e. The van der Waals surface area contributed by atoms with E-state index in [0.29, 0.717) is 0 Å². The summed E-state index contributed by atoms with van der Waals surface area (Å²) in [7, 11) is 0. The SMILES string of the molecule is C=C[C@H](C)[C@@H](C(=O)OC(C)(C)C)N(c1ccccc1)C1(c2ccccc2)c2ccccc2-c2ccccc21. The number of hydrogen-bond acceptors (Lipinski definition) is 3. The summed E-state index contributed by atoms with van der Waals surface area (Å²) in [4.78, 5) is 16.5. The van der Waals surface area contributed by atoms with Crippen molar-refractivity contribution in [1.82, 2.24) is 0 Å². The standard InChI is InChI=1S/C35H35NO2/c1-6-25(2)32(33(37)38-34(3,4)5)36(27-19-11-8-12-20-27)35(26-17-9-7-10-18-26)30-23-15-13-21-28(30)29-22-14-16-24-31(29)35/h6-25,32H,1H2,2-5H3/t25-,32-/m0/s1. The lowest BCUT2D eigenvalue weighted by Crippen LogP contribution is -2.58. The Hall–Kier alpha value is -4.11. The quantitative estimate of drug-likeness (QED) is 0.190. The molecule has 3 nitrogen and oxygen atoms in total. The Bertz CT molecular complexity index is 1390. The van der Waals surface area contributed by atoms with E-state index in [9.17, 15) is 4.79 Å². The number of carbonyl (C=O) groups excluding carboxylic acids is 1. The number of benzene rings is 4. The second kappa shape index (κ2) is 9.98. The van der Waals surface area contributed by atoms with Gasteiger partial charge in [0.15, 0.2) is 0 Å². The minimum Gasteiger partial charge on any atom is -0.458 e. The molecule has 0 saturated carbocycles. The molecule has 0 spiro atoms. The van der Waals surface area contributed by atoms with Gasteiger partial charge >= 0.3 is 5.97 Å². The fourth-order valence-electron chi connectivity index (χ4n) is 5.80. The first-order chi connectivity index (χ1) is 18.3. The summed E-state index contributed by atoms with van der Waals surface area (Å²) in [6.07, 6.45) is 1.86. The highest BCUT2D eigenvalue weighted by molar-refractivity contribution is 5.89. The number of ether oxygens (including phenoxy) is 1. The highest BCUT2D eigenvalue weighted by Gasteiger charge is 2.53. The van der Waals surface area contributed by atoms with Gasteiger partial charge < -0.3 is 9.64 Å².